The van der Waals surface area contributed by atoms with E-state index in [1.165, 1.54) is 0 Å². The van der Waals surface area contributed by atoms with E-state index in [9.17, 15) is 18.0 Å². The number of carbonyl (C=O) groups excluding carboxylic acids is 2. The van der Waals surface area contributed by atoms with Crippen LogP contribution in [0.15, 0.2) is 24.3 Å². The lowest BCUT2D eigenvalue weighted by molar-refractivity contribution is -0.145. The number of ether oxygens (including phenoxy) is 2. The second kappa shape index (κ2) is 6.83. The van der Waals surface area contributed by atoms with Crippen molar-refractivity contribution in [3.8, 4) is 0 Å². The highest BCUT2D eigenvalue weighted by molar-refractivity contribution is 7.89. The summed E-state index contributed by atoms with van der Waals surface area (Å²) in [7, 11) is -3.63. The van der Waals surface area contributed by atoms with E-state index in [1.54, 1.807) is 31.2 Å². The standard InChI is InChI=1S/C16H20N2O6S/c1-16(23-9-10-24-16)6-7-17-25(21,22)11-8-18-14(19)12-4-2-3-5-13(12)15(18)20/h2-5,17H,6-11H2,1H3. The molecule has 0 spiro atoms. The highest BCUT2D eigenvalue weighted by Gasteiger charge is 2.36. The van der Waals surface area contributed by atoms with Gasteiger partial charge in [0.05, 0.1) is 30.1 Å². The second-order valence-corrected chi connectivity index (χ2v) is 8.03. The van der Waals surface area contributed by atoms with Gasteiger partial charge in [-0.25, -0.2) is 13.1 Å². The molecule has 0 bridgehead atoms. The Hall–Kier alpha value is -1.81. The third kappa shape index (κ3) is 3.90. The Bertz CT molecular complexity index is 751. The van der Waals surface area contributed by atoms with Gasteiger partial charge in [0.15, 0.2) is 5.79 Å². The van der Waals surface area contributed by atoms with Gasteiger partial charge in [-0.2, -0.15) is 0 Å². The average Bonchev–Trinajstić information content (AvgIpc) is 3.10. The van der Waals surface area contributed by atoms with Crippen LogP contribution in [0.25, 0.3) is 0 Å². The fourth-order valence-electron chi connectivity index (χ4n) is 2.86. The number of benzene rings is 1. The fraction of sp³-hybridized carbons (Fsp3) is 0.500. The zero-order valence-corrected chi connectivity index (χ0v) is 14.7. The van der Waals surface area contributed by atoms with Crippen LogP contribution >= 0.6 is 0 Å². The maximum atomic E-state index is 12.2. The van der Waals surface area contributed by atoms with E-state index < -0.39 is 27.6 Å². The minimum atomic E-state index is -3.63. The lowest BCUT2D eigenvalue weighted by Gasteiger charge is -2.22. The molecule has 1 fully saturated rings. The number of sulfonamides is 1. The van der Waals surface area contributed by atoms with Crippen LogP contribution in [0.3, 0.4) is 0 Å². The van der Waals surface area contributed by atoms with Gasteiger partial charge in [-0.1, -0.05) is 12.1 Å². The van der Waals surface area contributed by atoms with Gasteiger partial charge in [-0.15, -0.1) is 0 Å². The summed E-state index contributed by atoms with van der Waals surface area (Å²) < 4.78 is 37.5. The summed E-state index contributed by atoms with van der Waals surface area (Å²) in [6.07, 6.45) is 0.374. The van der Waals surface area contributed by atoms with Crippen molar-refractivity contribution in [1.29, 1.82) is 0 Å². The molecule has 136 valence electrons. The minimum Gasteiger partial charge on any atom is -0.348 e. The van der Waals surface area contributed by atoms with Gasteiger partial charge in [-0.05, 0) is 19.1 Å². The van der Waals surface area contributed by atoms with Crippen molar-refractivity contribution < 1.29 is 27.5 Å². The first kappa shape index (κ1) is 18.0. The monoisotopic (exact) mass is 368 g/mol. The first-order chi connectivity index (χ1) is 11.8. The van der Waals surface area contributed by atoms with Gasteiger partial charge in [-0.3, -0.25) is 14.5 Å². The summed E-state index contributed by atoms with van der Waals surface area (Å²) in [6, 6.07) is 6.45. The van der Waals surface area contributed by atoms with Crippen molar-refractivity contribution in [2.45, 2.75) is 19.1 Å². The maximum Gasteiger partial charge on any atom is 0.261 e. The quantitative estimate of drug-likeness (QED) is 0.697. The molecule has 2 aliphatic heterocycles. The van der Waals surface area contributed by atoms with Crippen LogP contribution in [0, 0.1) is 0 Å². The molecule has 9 heteroatoms. The molecule has 1 aromatic rings. The van der Waals surface area contributed by atoms with E-state index in [1.807, 2.05) is 0 Å². The molecule has 0 unspecified atom stereocenters. The normalized spacial score (nSPS) is 19.5. The molecule has 2 aliphatic rings. The Morgan fingerprint density at radius 2 is 1.68 bits per heavy atom. The molecule has 25 heavy (non-hydrogen) atoms. The van der Waals surface area contributed by atoms with E-state index >= 15 is 0 Å². The van der Waals surface area contributed by atoms with Crippen molar-refractivity contribution in [3.05, 3.63) is 35.4 Å². The molecule has 2 amide bonds. The zero-order chi connectivity index (χ0) is 18.1. The van der Waals surface area contributed by atoms with Crippen LogP contribution in [-0.4, -0.2) is 63.0 Å². The number of hydrogen-bond acceptors (Lipinski definition) is 6. The van der Waals surface area contributed by atoms with Crippen LogP contribution in [0.2, 0.25) is 0 Å². The van der Waals surface area contributed by atoms with E-state index in [-0.39, 0.29) is 18.8 Å². The lowest BCUT2D eigenvalue weighted by Crippen LogP contribution is -2.39. The maximum absolute atomic E-state index is 12.2. The number of imide groups is 1. The molecule has 0 atom stereocenters. The number of carbonyl (C=O) groups is 2. The van der Waals surface area contributed by atoms with Crippen LogP contribution < -0.4 is 4.72 Å². The van der Waals surface area contributed by atoms with Gasteiger partial charge in [0.25, 0.3) is 11.8 Å². The van der Waals surface area contributed by atoms with Crippen molar-refractivity contribution in [3.63, 3.8) is 0 Å². The zero-order valence-electron chi connectivity index (χ0n) is 13.9. The largest absolute Gasteiger partial charge is 0.348 e. The van der Waals surface area contributed by atoms with Crippen molar-refractivity contribution in [2.75, 3.05) is 32.1 Å². The fourth-order valence-corrected chi connectivity index (χ4v) is 3.84. The summed E-state index contributed by atoms with van der Waals surface area (Å²) in [4.78, 5) is 25.4. The summed E-state index contributed by atoms with van der Waals surface area (Å²) in [5, 5.41) is 0. The Labute approximate surface area is 146 Å². The molecule has 1 aromatic carbocycles. The Kier molecular flexibility index (Phi) is 4.92. The van der Waals surface area contributed by atoms with E-state index in [2.05, 4.69) is 4.72 Å². The van der Waals surface area contributed by atoms with Gasteiger partial charge in [0, 0.05) is 19.5 Å². The molecule has 1 saturated heterocycles. The summed E-state index contributed by atoms with van der Waals surface area (Å²) in [5.41, 5.74) is 0.614. The van der Waals surface area contributed by atoms with Crippen LogP contribution in [0.4, 0.5) is 0 Å². The molecular formula is C16H20N2O6S. The smallest absolute Gasteiger partial charge is 0.261 e. The number of nitrogens with zero attached hydrogens (tertiary/aromatic N) is 1. The second-order valence-electron chi connectivity index (χ2n) is 6.10. The topological polar surface area (TPSA) is 102 Å². The predicted octanol–water partition coefficient (Wildman–Crippen LogP) is 0.355. The lowest BCUT2D eigenvalue weighted by atomic mass is 10.1. The number of amides is 2. The van der Waals surface area contributed by atoms with Gasteiger partial charge in [0.2, 0.25) is 10.0 Å². The molecule has 8 nitrogen and oxygen atoms in total. The van der Waals surface area contributed by atoms with Crippen molar-refractivity contribution >= 4 is 21.8 Å². The summed E-state index contributed by atoms with van der Waals surface area (Å²) in [5.74, 6) is -2.05. The number of hydrogen-bond donors (Lipinski definition) is 1. The average molecular weight is 368 g/mol. The Morgan fingerprint density at radius 3 is 2.24 bits per heavy atom. The molecule has 0 saturated carbocycles. The molecular weight excluding hydrogens is 348 g/mol. The predicted molar refractivity (Wildman–Crippen MR) is 88.5 cm³/mol. The molecule has 0 radical (unpaired) electrons. The molecule has 2 heterocycles. The molecule has 1 N–H and O–H groups in total. The van der Waals surface area contributed by atoms with Gasteiger partial charge in [0.1, 0.15) is 0 Å². The summed E-state index contributed by atoms with van der Waals surface area (Å²) >= 11 is 0. The first-order valence-electron chi connectivity index (χ1n) is 8.02. The van der Waals surface area contributed by atoms with Gasteiger partial charge < -0.3 is 9.47 Å². The van der Waals surface area contributed by atoms with E-state index in [0.29, 0.717) is 30.8 Å². The minimum absolute atomic E-state index is 0.154. The SMILES string of the molecule is CC1(CCNS(=O)(=O)CCN2C(=O)c3ccccc3C2=O)OCCO1. The highest BCUT2D eigenvalue weighted by Crippen LogP contribution is 2.23. The Balaban J connectivity index is 1.52. The molecule has 3 rings (SSSR count). The molecule has 0 aliphatic carbocycles. The third-order valence-electron chi connectivity index (χ3n) is 4.26. The van der Waals surface area contributed by atoms with Crippen LogP contribution in [0.1, 0.15) is 34.1 Å². The van der Waals surface area contributed by atoms with Crippen LogP contribution in [0.5, 0.6) is 0 Å². The summed E-state index contributed by atoms with van der Waals surface area (Å²) in [6.45, 7) is 2.70. The van der Waals surface area contributed by atoms with Crippen molar-refractivity contribution in [2.24, 2.45) is 0 Å². The van der Waals surface area contributed by atoms with Crippen LogP contribution in [-0.2, 0) is 19.5 Å². The Morgan fingerprint density at radius 1 is 1.12 bits per heavy atom. The van der Waals surface area contributed by atoms with E-state index in [4.69, 9.17) is 9.47 Å². The number of fused-ring (bicyclic) bond motifs is 1. The van der Waals surface area contributed by atoms with Crippen molar-refractivity contribution in [1.82, 2.24) is 9.62 Å². The van der Waals surface area contributed by atoms with E-state index in [0.717, 1.165) is 4.90 Å². The third-order valence-corrected chi connectivity index (χ3v) is 5.62. The molecule has 0 aromatic heterocycles. The number of rotatable bonds is 7. The number of nitrogens with one attached hydrogen (secondary N) is 1. The van der Waals surface area contributed by atoms with Gasteiger partial charge >= 0.3 is 0 Å². The first-order valence-corrected chi connectivity index (χ1v) is 9.67. The highest BCUT2D eigenvalue weighted by atomic mass is 32.2.